The summed E-state index contributed by atoms with van der Waals surface area (Å²) in [6.45, 7) is 7.42. The van der Waals surface area contributed by atoms with E-state index in [9.17, 15) is 0 Å². The monoisotopic (exact) mass is 310 g/mol. The quantitative estimate of drug-likeness (QED) is 0.790. The molecule has 0 bridgehead atoms. The molecule has 2 N–H and O–H groups in total. The number of rotatable bonds is 6. The molecule has 0 aromatic carbocycles. The van der Waals surface area contributed by atoms with Crippen LogP contribution in [0.15, 0.2) is 0 Å². The number of hydrogen-bond donors (Lipinski definition) is 2. The van der Waals surface area contributed by atoms with Gasteiger partial charge in [0.25, 0.3) is 0 Å². The van der Waals surface area contributed by atoms with Gasteiger partial charge in [-0.05, 0) is 38.0 Å². The molecular formula is C18H34N2O2. The predicted octanol–water partition coefficient (Wildman–Crippen LogP) is 2.33. The van der Waals surface area contributed by atoms with Gasteiger partial charge in [0, 0.05) is 37.2 Å². The zero-order valence-corrected chi connectivity index (χ0v) is 14.6. The second kappa shape index (κ2) is 7.16. The van der Waals surface area contributed by atoms with Crippen LogP contribution in [-0.4, -0.2) is 51.1 Å². The van der Waals surface area contributed by atoms with E-state index >= 15 is 0 Å². The van der Waals surface area contributed by atoms with Crippen molar-refractivity contribution in [1.82, 2.24) is 10.6 Å². The minimum atomic E-state index is 0.346. The second-order valence-electron chi connectivity index (χ2n) is 7.46. The third-order valence-electron chi connectivity index (χ3n) is 6.84. The van der Waals surface area contributed by atoms with E-state index in [4.69, 9.17) is 9.47 Å². The first kappa shape index (κ1) is 16.7. The molecule has 4 heteroatoms. The van der Waals surface area contributed by atoms with Crippen LogP contribution in [0.1, 0.15) is 52.4 Å². The lowest BCUT2D eigenvalue weighted by molar-refractivity contribution is -0.127. The Morgan fingerprint density at radius 3 is 2.73 bits per heavy atom. The van der Waals surface area contributed by atoms with E-state index in [2.05, 4.69) is 24.5 Å². The minimum absolute atomic E-state index is 0.346. The summed E-state index contributed by atoms with van der Waals surface area (Å²) in [5.74, 6) is 0.730. The van der Waals surface area contributed by atoms with Crippen LogP contribution in [0.25, 0.3) is 0 Å². The Morgan fingerprint density at radius 1 is 1.27 bits per heavy atom. The highest BCUT2D eigenvalue weighted by atomic mass is 16.5. The Labute approximate surface area is 135 Å². The van der Waals surface area contributed by atoms with E-state index in [1.54, 1.807) is 0 Å². The molecule has 22 heavy (non-hydrogen) atoms. The predicted molar refractivity (Wildman–Crippen MR) is 89.1 cm³/mol. The van der Waals surface area contributed by atoms with Gasteiger partial charge in [0.2, 0.25) is 0 Å². The molecule has 5 atom stereocenters. The standard InChI is InChI=1S/C18H34N2O2/c1-4-18(5-2)16(11-17(18)21-3)20-14-8-6-7-13(14)15-12-22-10-9-19-15/h13-17,19-20H,4-12H2,1-3H3. The van der Waals surface area contributed by atoms with Crippen LogP contribution >= 0.6 is 0 Å². The smallest absolute Gasteiger partial charge is 0.0657 e. The Bertz CT molecular complexity index is 353. The van der Waals surface area contributed by atoms with E-state index < -0.39 is 0 Å². The van der Waals surface area contributed by atoms with E-state index in [1.807, 2.05) is 7.11 Å². The molecular weight excluding hydrogens is 276 g/mol. The van der Waals surface area contributed by atoms with Gasteiger partial charge >= 0.3 is 0 Å². The van der Waals surface area contributed by atoms with Crippen molar-refractivity contribution in [1.29, 1.82) is 0 Å². The van der Waals surface area contributed by atoms with Crippen LogP contribution in [0.3, 0.4) is 0 Å². The maximum Gasteiger partial charge on any atom is 0.0657 e. The van der Waals surface area contributed by atoms with E-state index in [0.29, 0.717) is 29.6 Å². The van der Waals surface area contributed by atoms with Crippen LogP contribution in [0, 0.1) is 11.3 Å². The SMILES string of the molecule is CCC1(CC)C(NC2CCCC2C2COCCN2)CC1OC. The lowest BCUT2D eigenvalue weighted by Gasteiger charge is -2.56. The highest BCUT2D eigenvalue weighted by Gasteiger charge is 2.54. The maximum absolute atomic E-state index is 5.75. The summed E-state index contributed by atoms with van der Waals surface area (Å²) >= 11 is 0. The fraction of sp³-hybridized carbons (Fsp3) is 1.00. The zero-order valence-electron chi connectivity index (χ0n) is 14.6. The van der Waals surface area contributed by atoms with Crippen LogP contribution < -0.4 is 10.6 Å². The molecule has 2 aliphatic carbocycles. The van der Waals surface area contributed by atoms with Crippen molar-refractivity contribution in [3.63, 3.8) is 0 Å². The zero-order chi connectivity index (χ0) is 15.6. The summed E-state index contributed by atoms with van der Waals surface area (Å²) in [4.78, 5) is 0. The Hall–Kier alpha value is -0.160. The van der Waals surface area contributed by atoms with Gasteiger partial charge in [-0.25, -0.2) is 0 Å². The molecule has 1 saturated heterocycles. The molecule has 3 aliphatic rings. The van der Waals surface area contributed by atoms with E-state index in [-0.39, 0.29) is 0 Å². The van der Waals surface area contributed by atoms with E-state index in [1.165, 1.54) is 38.5 Å². The number of hydrogen-bond acceptors (Lipinski definition) is 4. The molecule has 0 aromatic heterocycles. The number of ether oxygens (including phenoxy) is 2. The van der Waals surface area contributed by atoms with Crippen molar-refractivity contribution in [2.24, 2.45) is 11.3 Å². The molecule has 2 saturated carbocycles. The maximum atomic E-state index is 5.75. The van der Waals surface area contributed by atoms with Crippen LogP contribution in [-0.2, 0) is 9.47 Å². The molecule has 4 nitrogen and oxygen atoms in total. The summed E-state index contributed by atoms with van der Waals surface area (Å²) in [6.07, 6.45) is 8.05. The van der Waals surface area contributed by atoms with Crippen molar-refractivity contribution in [2.75, 3.05) is 26.9 Å². The average molecular weight is 310 g/mol. The van der Waals surface area contributed by atoms with Gasteiger partial charge in [0.1, 0.15) is 0 Å². The molecule has 0 radical (unpaired) electrons. The number of nitrogens with one attached hydrogen (secondary N) is 2. The first-order valence-electron chi connectivity index (χ1n) is 9.35. The summed E-state index contributed by atoms with van der Waals surface area (Å²) in [7, 11) is 1.88. The van der Waals surface area contributed by atoms with Gasteiger partial charge < -0.3 is 20.1 Å². The second-order valence-corrected chi connectivity index (χ2v) is 7.46. The molecule has 128 valence electrons. The highest BCUT2D eigenvalue weighted by Crippen LogP contribution is 2.49. The van der Waals surface area contributed by atoms with Gasteiger partial charge in [-0.2, -0.15) is 0 Å². The number of methoxy groups -OCH3 is 1. The largest absolute Gasteiger partial charge is 0.381 e. The molecule has 1 heterocycles. The van der Waals surface area contributed by atoms with Crippen molar-refractivity contribution < 1.29 is 9.47 Å². The third-order valence-corrected chi connectivity index (χ3v) is 6.84. The summed E-state index contributed by atoms with van der Waals surface area (Å²) in [6, 6.07) is 1.83. The fourth-order valence-electron chi connectivity index (χ4n) is 5.31. The van der Waals surface area contributed by atoms with Gasteiger partial charge in [-0.3, -0.25) is 0 Å². The summed E-state index contributed by atoms with van der Waals surface area (Å²) < 4.78 is 11.4. The molecule has 0 spiro atoms. The van der Waals surface area contributed by atoms with Gasteiger partial charge in [-0.1, -0.05) is 20.3 Å². The topological polar surface area (TPSA) is 42.5 Å². The molecule has 0 aromatic rings. The summed E-state index contributed by atoms with van der Waals surface area (Å²) in [5, 5.41) is 7.72. The lowest BCUT2D eigenvalue weighted by Crippen LogP contribution is -2.66. The molecule has 5 unspecified atom stereocenters. The van der Waals surface area contributed by atoms with Crippen LogP contribution in [0.4, 0.5) is 0 Å². The van der Waals surface area contributed by atoms with Crippen molar-refractivity contribution in [2.45, 2.75) is 76.6 Å². The Kier molecular flexibility index (Phi) is 5.43. The Morgan fingerprint density at radius 2 is 2.09 bits per heavy atom. The fourth-order valence-corrected chi connectivity index (χ4v) is 5.31. The van der Waals surface area contributed by atoms with Crippen molar-refractivity contribution >= 4 is 0 Å². The van der Waals surface area contributed by atoms with Crippen molar-refractivity contribution in [3.8, 4) is 0 Å². The van der Waals surface area contributed by atoms with E-state index in [0.717, 1.165) is 25.7 Å². The van der Waals surface area contributed by atoms with Crippen LogP contribution in [0.2, 0.25) is 0 Å². The van der Waals surface area contributed by atoms with Crippen LogP contribution in [0.5, 0.6) is 0 Å². The first-order chi connectivity index (χ1) is 10.7. The molecule has 0 amide bonds. The third kappa shape index (κ3) is 2.83. The number of morpholine rings is 1. The Balaban J connectivity index is 1.62. The van der Waals surface area contributed by atoms with Gasteiger partial charge in [0.05, 0.1) is 19.3 Å². The normalized spacial score (nSPS) is 41.3. The first-order valence-corrected chi connectivity index (χ1v) is 9.35. The molecule has 3 rings (SSSR count). The van der Waals surface area contributed by atoms with Crippen molar-refractivity contribution in [3.05, 3.63) is 0 Å². The molecule has 1 aliphatic heterocycles. The minimum Gasteiger partial charge on any atom is -0.381 e. The highest BCUT2D eigenvalue weighted by molar-refractivity contribution is 5.08. The average Bonchev–Trinajstić information content (AvgIpc) is 3.01. The lowest BCUT2D eigenvalue weighted by atomic mass is 9.58. The van der Waals surface area contributed by atoms with Gasteiger partial charge in [-0.15, -0.1) is 0 Å². The van der Waals surface area contributed by atoms with Gasteiger partial charge in [0.15, 0.2) is 0 Å². The molecule has 3 fully saturated rings. The summed E-state index contributed by atoms with van der Waals surface area (Å²) in [5.41, 5.74) is 0.346.